The molecule has 0 aliphatic heterocycles. The smallest absolute Gasteiger partial charge is 0.0577 e. The fraction of sp³-hybridized carbons (Fsp3) is 0.625. The van der Waals surface area contributed by atoms with E-state index in [1.165, 1.54) is 0 Å². The van der Waals surface area contributed by atoms with Gasteiger partial charge in [0.05, 0.1) is 16.0 Å². The van der Waals surface area contributed by atoms with Crippen molar-refractivity contribution in [1.29, 1.82) is 0 Å². The second-order valence-corrected chi connectivity index (χ2v) is 8.94. The van der Waals surface area contributed by atoms with E-state index in [1.807, 2.05) is 12.1 Å². The van der Waals surface area contributed by atoms with Crippen LogP contribution in [0, 0.1) is 11.3 Å². The Morgan fingerprint density at radius 2 is 2.00 bits per heavy atom. The molecule has 20 heavy (non-hydrogen) atoms. The van der Waals surface area contributed by atoms with Crippen molar-refractivity contribution in [2.24, 2.45) is 17.1 Å². The van der Waals surface area contributed by atoms with Gasteiger partial charge < -0.3 is 5.73 Å². The highest BCUT2D eigenvalue weighted by Crippen LogP contribution is 2.39. The van der Waals surface area contributed by atoms with E-state index in [-0.39, 0.29) is 16.7 Å². The van der Waals surface area contributed by atoms with Gasteiger partial charge in [-0.15, -0.1) is 0 Å². The highest BCUT2D eigenvalue weighted by Gasteiger charge is 2.37. The van der Waals surface area contributed by atoms with Crippen LogP contribution in [-0.2, 0) is 10.8 Å². The Bertz CT molecular complexity index is 497. The molecule has 0 radical (unpaired) electrons. The van der Waals surface area contributed by atoms with Crippen molar-refractivity contribution in [2.45, 2.75) is 56.2 Å². The lowest BCUT2D eigenvalue weighted by Gasteiger charge is -2.40. The summed E-state index contributed by atoms with van der Waals surface area (Å²) in [5, 5.41) is 0.666. The zero-order valence-electron chi connectivity index (χ0n) is 12.4. The molecular weight excluding hydrogens is 290 g/mol. The van der Waals surface area contributed by atoms with Gasteiger partial charge >= 0.3 is 0 Å². The molecule has 2 N–H and O–H groups in total. The first-order chi connectivity index (χ1) is 9.29. The van der Waals surface area contributed by atoms with Crippen molar-refractivity contribution in [3.05, 3.63) is 29.3 Å². The van der Waals surface area contributed by atoms with Crippen LogP contribution in [0.15, 0.2) is 29.2 Å². The van der Waals surface area contributed by atoms with Crippen LogP contribution in [0.4, 0.5) is 0 Å². The van der Waals surface area contributed by atoms with Crippen LogP contribution in [0.2, 0.25) is 5.02 Å². The Kier molecular flexibility index (Phi) is 4.93. The highest BCUT2D eigenvalue weighted by atomic mass is 35.5. The van der Waals surface area contributed by atoms with Gasteiger partial charge in [-0.05, 0) is 48.8 Å². The quantitative estimate of drug-likeness (QED) is 0.897. The van der Waals surface area contributed by atoms with Gasteiger partial charge in [0.15, 0.2) is 0 Å². The summed E-state index contributed by atoms with van der Waals surface area (Å²) in [5.41, 5.74) is 6.48. The van der Waals surface area contributed by atoms with Crippen molar-refractivity contribution in [3.8, 4) is 0 Å². The molecule has 0 bridgehead atoms. The molecule has 2 nitrogen and oxygen atoms in total. The first-order valence-corrected chi connectivity index (χ1v) is 8.80. The molecule has 1 fully saturated rings. The molecule has 1 aliphatic carbocycles. The number of hydrogen-bond acceptors (Lipinski definition) is 2. The molecule has 2 rings (SSSR count). The molecule has 1 aromatic rings. The third-order valence-electron chi connectivity index (χ3n) is 4.37. The van der Waals surface area contributed by atoms with Crippen molar-refractivity contribution >= 4 is 22.4 Å². The summed E-state index contributed by atoms with van der Waals surface area (Å²) in [4.78, 5) is 0.799. The van der Waals surface area contributed by atoms with Gasteiger partial charge in [0.25, 0.3) is 0 Å². The molecule has 112 valence electrons. The molecule has 4 atom stereocenters. The first kappa shape index (κ1) is 16.0. The molecular formula is C16H24ClNOS. The van der Waals surface area contributed by atoms with Crippen LogP contribution in [0.5, 0.6) is 0 Å². The first-order valence-electron chi connectivity index (χ1n) is 7.21. The SMILES string of the molecule is CC(C)(C)C1CCC(N)C(S(=O)c2cccc(Cl)c2)C1. The average Bonchev–Trinajstić information content (AvgIpc) is 2.37. The van der Waals surface area contributed by atoms with Gasteiger partial charge in [0.1, 0.15) is 0 Å². The maximum absolute atomic E-state index is 12.8. The lowest BCUT2D eigenvalue weighted by molar-refractivity contribution is 0.173. The van der Waals surface area contributed by atoms with E-state index in [2.05, 4.69) is 20.8 Å². The molecule has 0 aromatic heterocycles. The van der Waals surface area contributed by atoms with E-state index in [0.717, 1.165) is 24.2 Å². The summed E-state index contributed by atoms with van der Waals surface area (Å²) in [5.74, 6) is 0.579. The average molecular weight is 314 g/mol. The van der Waals surface area contributed by atoms with Gasteiger partial charge in [-0.1, -0.05) is 38.4 Å². The van der Waals surface area contributed by atoms with Gasteiger partial charge in [-0.2, -0.15) is 0 Å². The minimum Gasteiger partial charge on any atom is -0.327 e. The lowest BCUT2D eigenvalue weighted by atomic mass is 9.71. The molecule has 0 spiro atoms. The van der Waals surface area contributed by atoms with E-state index in [1.54, 1.807) is 12.1 Å². The predicted octanol–water partition coefficient (Wildman–Crippen LogP) is 3.99. The number of rotatable bonds is 2. The van der Waals surface area contributed by atoms with E-state index >= 15 is 0 Å². The molecule has 0 saturated heterocycles. The van der Waals surface area contributed by atoms with Crippen LogP contribution >= 0.6 is 11.6 Å². The van der Waals surface area contributed by atoms with Gasteiger partial charge in [-0.3, -0.25) is 4.21 Å². The van der Waals surface area contributed by atoms with Gasteiger partial charge in [0, 0.05) is 16.0 Å². The zero-order chi connectivity index (χ0) is 14.9. The summed E-state index contributed by atoms with van der Waals surface area (Å²) in [6.07, 6.45) is 3.02. The van der Waals surface area contributed by atoms with Crippen molar-refractivity contribution in [1.82, 2.24) is 0 Å². The second-order valence-electron chi connectivity index (χ2n) is 6.83. The number of benzene rings is 1. The standard InChI is InChI=1S/C16H24ClNOS/c1-16(2,3)11-7-8-14(18)15(9-11)20(19)13-6-4-5-12(17)10-13/h4-6,10-11,14-15H,7-9,18H2,1-3H3. The Balaban J connectivity index is 2.19. The van der Waals surface area contributed by atoms with Gasteiger partial charge in [-0.25, -0.2) is 0 Å². The monoisotopic (exact) mass is 313 g/mol. The molecule has 1 saturated carbocycles. The zero-order valence-corrected chi connectivity index (χ0v) is 14.0. The molecule has 1 aliphatic rings. The lowest BCUT2D eigenvalue weighted by Crippen LogP contribution is -2.45. The van der Waals surface area contributed by atoms with Crippen LogP contribution in [0.25, 0.3) is 0 Å². The molecule has 0 heterocycles. The van der Waals surface area contributed by atoms with Crippen molar-refractivity contribution < 1.29 is 4.21 Å². The largest absolute Gasteiger partial charge is 0.327 e. The van der Waals surface area contributed by atoms with Crippen molar-refractivity contribution in [2.75, 3.05) is 0 Å². The van der Waals surface area contributed by atoms with Gasteiger partial charge in [0.2, 0.25) is 0 Å². The van der Waals surface area contributed by atoms with E-state index in [0.29, 0.717) is 10.9 Å². The summed E-state index contributed by atoms with van der Waals surface area (Å²) in [6, 6.07) is 7.36. The van der Waals surface area contributed by atoms with Crippen LogP contribution in [0.3, 0.4) is 0 Å². The van der Waals surface area contributed by atoms with Crippen LogP contribution in [0.1, 0.15) is 40.0 Å². The highest BCUT2D eigenvalue weighted by molar-refractivity contribution is 7.85. The Morgan fingerprint density at radius 3 is 2.60 bits per heavy atom. The normalized spacial score (nSPS) is 29.1. The Morgan fingerprint density at radius 1 is 1.30 bits per heavy atom. The predicted molar refractivity (Wildman–Crippen MR) is 86.4 cm³/mol. The second kappa shape index (κ2) is 6.17. The maximum Gasteiger partial charge on any atom is 0.0577 e. The molecule has 4 unspecified atom stereocenters. The van der Waals surface area contributed by atoms with Crippen LogP contribution in [-0.4, -0.2) is 15.5 Å². The minimum absolute atomic E-state index is 0.0217. The molecule has 0 amide bonds. The maximum atomic E-state index is 12.8. The van der Waals surface area contributed by atoms with E-state index in [4.69, 9.17) is 17.3 Å². The topological polar surface area (TPSA) is 43.1 Å². The van der Waals surface area contributed by atoms with Crippen LogP contribution < -0.4 is 5.73 Å². The Labute approximate surface area is 129 Å². The van der Waals surface area contributed by atoms with E-state index in [9.17, 15) is 4.21 Å². The summed E-state index contributed by atoms with van der Waals surface area (Å²) in [7, 11) is -1.08. The molecule has 4 heteroatoms. The third-order valence-corrected chi connectivity index (χ3v) is 6.42. The number of halogens is 1. The van der Waals surface area contributed by atoms with Crippen molar-refractivity contribution in [3.63, 3.8) is 0 Å². The summed E-state index contributed by atoms with van der Waals surface area (Å²) >= 11 is 6.00. The fourth-order valence-electron chi connectivity index (χ4n) is 2.95. The number of hydrogen-bond donors (Lipinski definition) is 1. The summed E-state index contributed by atoms with van der Waals surface area (Å²) in [6.45, 7) is 6.77. The summed E-state index contributed by atoms with van der Waals surface area (Å²) < 4.78 is 12.8. The number of nitrogens with two attached hydrogens (primary N) is 1. The fourth-order valence-corrected chi connectivity index (χ4v) is 4.87. The van der Waals surface area contributed by atoms with E-state index < -0.39 is 10.8 Å². The molecule has 1 aromatic carbocycles. The minimum atomic E-state index is -1.08. The Hall–Kier alpha value is -0.380. The third kappa shape index (κ3) is 3.63.